The van der Waals surface area contributed by atoms with Crippen molar-refractivity contribution in [3.8, 4) is 0 Å². The Morgan fingerprint density at radius 2 is 2.18 bits per heavy atom. The van der Waals surface area contributed by atoms with Crippen molar-refractivity contribution < 1.29 is 14.7 Å². The number of hydrogen-bond acceptors (Lipinski definition) is 3. The van der Waals surface area contributed by atoms with Crippen LogP contribution in [-0.2, 0) is 4.79 Å². The van der Waals surface area contributed by atoms with Gasteiger partial charge in [-0.05, 0) is 12.8 Å². The minimum absolute atomic E-state index is 0. The van der Waals surface area contributed by atoms with Gasteiger partial charge < -0.3 is 15.7 Å². The first-order valence-corrected chi connectivity index (χ1v) is 6.62. The van der Waals surface area contributed by atoms with E-state index in [9.17, 15) is 9.59 Å². The molecule has 2 heterocycles. The predicted octanol–water partition coefficient (Wildman–Crippen LogP) is 0.148. The van der Waals surface area contributed by atoms with Gasteiger partial charge in [0.1, 0.15) is 0 Å². The van der Waals surface area contributed by atoms with E-state index in [-0.39, 0.29) is 54.1 Å². The number of rotatable bonds is 5. The topological polar surface area (TPSA) is 78.4 Å². The number of carboxylic acids is 1. The van der Waals surface area contributed by atoms with Crippen molar-refractivity contribution in [3.05, 3.63) is 0 Å². The van der Waals surface area contributed by atoms with Crippen molar-refractivity contribution in [2.45, 2.75) is 43.0 Å². The summed E-state index contributed by atoms with van der Waals surface area (Å²) in [6, 6.07) is 0.440. The molecule has 2 saturated heterocycles. The number of unbranched alkanes of at least 4 members (excludes halogenated alkanes) is 1. The monoisotopic (exact) mass is 268 g/mol. The standard InChI is InChI=1S/C10H16N2O3S.Na.H/c13-8(14)4-2-1-3-7-9-6(5-16-7)11-10(15)12-9;;/h6-7,9H,1-5H2,(H,13,14)(H2,11,12,15);;/t6-,7-,9-;;/m0../s1. The first-order valence-electron chi connectivity index (χ1n) is 5.57. The second-order valence-electron chi connectivity index (χ2n) is 4.26. The van der Waals surface area contributed by atoms with Crippen LogP contribution < -0.4 is 10.6 Å². The quantitative estimate of drug-likeness (QED) is 0.377. The molecule has 3 atom stereocenters. The molecule has 0 spiro atoms. The van der Waals surface area contributed by atoms with Crippen LogP contribution in [0.4, 0.5) is 4.79 Å². The zero-order chi connectivity index (χ0) is 11.5. The summed E-state index contributed by atoms with van der Waals surface area (Å²) in [5, 5.41) is 14.8. The molecule has 3 N–H and O–H groups in total. The second kappa shape index (κ2) is 6.87. The van der Waals surface area contributed by atoms with Crippen molar-refractivity contribution in [3.63, 3.8) is 0 Å². The first-order chi connectivity index (χ1) is 7.66. The van der Waals surface area contributed by atoms with Crippen LogP contribution in [0.1, 0.15) is 25.7 Å². The fraction of sp³-hybridized carbons (Fsp3) is 0.800. The Hall–Kier alpha value is 0.0900. The maximum atomic E-state index is 11.1. The Kier molecular flexibility index (Phi) is 6.12. The number of hydrogen-bond donors (Lipinski definition) is 3. The van der Waals surface area contributed by atoms with E-state index in [1.165, 1.54) is 0 Å². The molecule has 0 aliphatic carbocycles. The van der Waals surface area contributed by atoms with Gasteiger partial charge in [0.25, 0.3) is 0 Å². The predicted molar refractivity (Wildman–Crippen MR) is 68.7 cm³/mol. The molecule has 0 aromatic heterocycles. The summed E-state index contributed by atoms with van der Waals surface area (Å²) in [7, 11) is 0. The average Bonchev–Trinajstić information content (AvgIpc) is 2.72. The van der Waals surface area contributed by atoms with Crippen LogP contribution in [0.3, 0.4) is 0 Å². The van der Waals surface area contributed by atoms with Crippen LogP contribution in [0.15, 0.2) is 0 Å². The van der Waals surface area contributed by atoms with Crippen molar-refractivity contribution >= 4 is 53.3 Å². The molecule has 92 valence electrons. The van der Waals surface area contributed by atoms with Crippen LogP contribution in [0, 0.1) is 0 Å². The third-order valence-corrected chi connectivity index (χ3v) is 4.58. The number of carbonyl (C=O) groups is 2. The molecule has 0 aromatic rings. The van der Waals surface area contributed by atoms with Crippen LogP contribution in [0.25, 0.3) is 0 Å². The summed E-state index contributed by atoms with van der Waals surface area (Å²) < 4.78 is 0. The molecule has 5 nitrogen and oxygen atoms in total. The summed E-state index contributed by atoms with van der Waals surface area (Å²) in [4.78, 5) is 21.5. The van der Waals surface area contributed by atoms with E-state index >= 15 is 0 Å². The fourth-order valence-corrected chi connectivity index (χ4v) is 3.81. The number of urea groups is 1. The second-order valence-corrected chi connectivity index (χ2v) is 5.53. The molecule has 0 saturated carbocycles. The van der Waals surface area contributed by atoms with E-state index in [0.29, 0.717) is 5.25 Å². The molecule has 7 heteroatoms. The molecular weight excluding hydrogens is 251 g/mol. The molecule has 2 rings (SSSR count). The molecule has 2 amide bonds. The zero-order valence-corrected chi connectivity index (χ0v) is 9.76. The number of carboxylic acid groups (broad SMARTS) is 1. The van der Waals surface area contributed by atoms with Gasteiger partial charge >= 0.3 is 41.6 Å². The summed E-state index contributed by atoms with van der Waals surface area (Å²) in [6.45, 7) is 0. The molecule has 0 unspecified atom stereocenters. The Morgan fingerprint density at radius 3 is 2.88 bits per heavy atom. The van der Waals surface area contributed by atoms with Gasteiger partial charge in [-0.25, -0.2) is 4.79 Å². The maximum absolute atomic E-state index is 11.1. The average molecular weight is 268 g/mol. The van der Waals surface area contributed by atoms with Crippen molar-refractivity contribution in [2.24, 2.45) is 0 Å². The summed E-state index contributed by atoms with van der Waals surface area (Å²) in [6.07, 6.45) is 2.88. The Labute approximate surface area is 127 Å². The van der Waals surface area contributed by atoms with Gasteiger partial charge in [0.15, 0.2) is 0 Å². The van der Waals surface area contributed by atoms with Gasteiger partial charge in [-0.1, -0.05) is 6.42 Å². The van der Waals surface area contributed by atoms with Crippen molar-refractivity contribution in [2.75, 3.05) is 5.75 Å². The van der Waals surface area contributed by atoms with Gasteiger partial charge in [-0.3, -0.25) is 4.79 Å². The van der Waals surface area contributed by atoms with E-state index < -0.39 is 5.97 Å². The zero-order valence-electron chi connectivity index (χ0n) is 8.94. The normalized spacial score (nSPS) is 30.1. The summed E-state index contributed by atoms with van der Waals surface area (Å²) >= 11 is 1.87. The molecule has 2 aliphatic rings. The molecule has 2 aliphatic heterocycles. The van der Waals surface area contributed by atoms with Gasteiger partial charge in [0.05, 0.1) is 12.1 Å². The Balaban J connectivity index is 0.00000144. The van der Waals surface area contributed by atoms with Crippen LogP contribution in [-0.4, -0.2) is 69.8 Å². The minimum atomic E-state index is -0.729. The van der Waals surface area contributed by atoms with E-state index in [0.717, 1.165) is 25.0 Å². The number of aliphatic carboxylic acids is 1. The molecule has 2 fully saturated rings. The van der Waals surface area contributed by atoms with E-state index in [1.807, 2.05) is 11.8 Å². The number of carbonyl (C=O) groups excluding carboxylic acids is 1. The summed E-state index contributed by atoms with van der Waals surface area (Å²) in [5.41, 5.74) is 0. The molecular formula is C10H17N2NaO3S. The molecule has 0 bridgehead atoms. The fourth-order valence-electron chi connectivity index (χ4n) is 2.26. The van der Waals surface area contributed by atoms with Gasteiger partial charge in [-0.2, -0.15) is 11.8 Å². The van der Waals surface area contributed by atoms with Crippen LogP contribution >= 0.6 is 11.8 Å². The Morgan fingerprint density at radius 1 is 1.41 bits per heavy atom. The SMILES string of the molecule is O=C(O)CCCC[C@@H]1SC[C@@H]2NC(=O)N[C@@H]21.[NaH]. The number of nitrogens with one attached hydrogen (secondary N) is 2. The van der Waals surface area contributed by atoms with E-state index in [1.54, 1.807) is 0 Å². The van der Waals surface area contributed by atoms with Crippen molar-refractivity contribution in [1.29, 1.82) is 0 Å². The number of thioether (sulfide) groups is 1. The van der Waals surface area contributed by atoms with Crippen LogP contribution in [0.2, 0.25) is 0 Å². The Bertz CT molecular complexity index is 303. The first kappa shape index (κ1) is 15.1. The number of fused-ring (bicyclic) bond motifs is 1. The van der Waals surface area contributed by atoms with Gasteiger partial charge in [0.2, 0.25) is 0 Å². The van der Waals surface area contributed by atoms with E-state index in [4.69, 9.17) is 5.11 Å². The van der Waals surface area contributed by atoms with Crippen LogP contribution in [0.5, 0.6) is 0 Å². The molecule has 17 heavy (non-hydrogen) atoms. The molecule has 0 radical (unpaired) electrons. The van der Waals surface area contributed by atoms with Gasteiger partial charge in [-0.15, -0.1) is 0 Å². The molecule has 0 aromatic carbocycles. The number of amides is 2. The third kappa shape index (κ3) is 4.05. The van der Waals surface area contributed by atoms with E-state index in [2.05, 4.69) is 10.6 Å². The summed E-state index contributed by atoms with van der Waals surface area (Å²) in [5.74, 6) is 0.236. The third-order valence-electron chi connectivity index (χ3n) is 3.07. The van der Waals surface area contributed by atoms with Crippen molar-refractivity contribution in [1.82, 2.24) is 10.6 Å². The van der Waals surface area contributed by atoms with Gasteiger partial charge in [0, 0.05) is 17.4 Å².